The van der Waals surface area contributed by atoms with Crippen LogP contribution < -0.4 is 0 Å². The molecule has 0 saturated heterocycles. The number of hydrogen-bond donors (Lipinski definition) is 9. The Hall–Kier alpha value is -0.480. The van der Waals surface area contributed by atoms with E-state index in [0.29, 0.717) is 0 Å². The summed E-state index contributed by atoms with van der Waals surface area (Å²) in [5, 5.41) is 86.3. The first kappa shape index (κ1) is 21.5. The number of quaternary nitrogens is 3. The number of aliphatic hydroxyl groups is 9. The lowest BCUT2D eigenvalue weighted by Crippen LogP contribution is -2.83. The third-order valence-electron chi connectivity index (χ3n) is 4.00. The van der Waals surface area contributed by atoms with E-state index in [9.17, 15) is 46.0 Å². The van der Waals surface area contributed by atoms with E-state index in [2.05, 4.69) is 0 Å². The Morgan fingerprint density at radius 1 is 0.364 bits per heavy atom. The summed E-state index contributed by atoms with van der Waals surface area (Å²) in [6.07, 6.45) is -1.58. The second-order valence-corrected chi connectivity index (χ2v) is 5.27. The highest BCUT2D eigenvalue weighted by atomic mass is 16.4. The van der Waals surface area contributed by atoms with Gasteiger partial charge in [0.15, 0.2) is 60.6 Å². The monoisotopic (exact) mass is 334 g/mol. The summed E-state index contributed by atoms with van der Waals surface area (Å²) in [7, 11) is 0. The van der Waals surface area contributed by atoms with Gasteiger partial charge in [-0.1, -0.05) is 0 Å². The zero-order chi connectivity index (χ0) is 17.4. The number of aliphatic hydroxyl groups excluding tert-OH is 9. The molecular weight excluding hydrogens is 306 g/mol. The quantitative estimate of drug-likeness (QED) is 0.124. The number of rotatable bonds is 12. The van der Waals surface area contributed by atoms with Crippen LogP contribution in [0.5, 0.6) is 0 Å². The third kappa shape index (κ3) is 3.38. The molecule has 12 heteroatoms. The van der Waals surface area contributed by atoms with Gasteiger partial charge in [-0.2, -0.15) is 13.4 Å². The van der Waals surface area contributed by atoms with E-state index in [1.165, 1.54) is 0 Å². The molecule has 9 N–H and O–H groups in total. The minimum atomic E-state index is -1.58. The Morgan fingerprint density at radius 2 is 0.500 bits per heavy atom. The Balaban J connectivity index is 6.42. The zero-order valence-electron chi connectivity index (χ0n) is 12.3. The molecule has 0 spiro atoms. The van der Waals surface area contributed by atoms with E-state index in [4.69, 9.17) is 0 Å². The fourth-order valence-corrected chi connectivity index (χ4v) is 2.62. The Labute approximate surface area is 127 Å². The number of hydrogen-bond acceptors (Lipinski definition) is 9. The molecule has 0 aliphatic heterocycles. The third-order valence-corrected chi connectivity index (χ3v) is 4.00. The molecular formula is C10H28N3O9+3. The molecule has 0 amide bonds. The van der Waals surface area contributed by atoms with Gasteiger partial charge < -0.3 is 46.0 Å². The standard InChI is InChI=1S/C10H28N3O9/c14-1-11(2-15,3-16)10(12(4-17,5-18)6-19)13(7-20,8-21)9-22/h10,14-22H,1-9H2/q+3. The van der Waals surface area contributed by atoms with Gasteiger partial charge >= 0.3 is 6.29 Å². The van der Waals surface area contributed by atoms with Crippen LogP contribution in [0.25, 0.3) is 0 Å². The van der Waals surface area contributed by atoms with Crippen LogP contribution in [-0.2, 0) is 0 Å². The summed E-state index contributed by atoms with van der Waals surface area (Å²) < 4.78 is -3.12. The molecule has 0 fully saturated rings. The van der Waals surface area contributed by atoms with Gasteiger partial charge in [0.05, 0.1) is 0 Å². The predicted octanol–water partition coefficient (Wildman–Crippen LogP) is -5.73. The van der Waals surface area contributed by atoms with Gasteiger partial charge in [0.2, 0.25) is 0 Å². The predicted molar refractivity (Wildman–Crippen MR) is 68.3 cm³/mol. The van der Waals surface area contributed by atoms with Crippen molar-refractivity contribution in [3.63, 3.8) is 0 Å². The van der Waals surface area contributed by atoms with E-state index in [1.54, 1.807) is 0 Å². The molecule has 12 nitrogen and oxygen atoms in total. The molecule has 0 aromatic rings. The Kier molecular flexibility index (Phi) is 8.78. The van der Waals surface area contributed by atoms with Crippen LogP contribution in [0.4, 0.5) is 0 Å². The molecule has 0 aliphatic carbocycles. The van der Waals surface area contributed by atoms with Crippen molar-refractivity contribution >= 4 is 0 Å². The molecule has 0 bridgehead atoms. The molecule has 22 heavy (non-hydrogen) atoms. The SMILES string of the molecule is OC[N+](CO)(CO)C([N+](CO)(CO)CO)[N+](CO)(CO)CO. The molecule has 0 aromatic carbocycles. The van der Waals surface area contributed by atoms with Gasteiger partial charge in [0, 0.05) is 0 Å². The van der Waals surface area contributed by atoms with Gasteiger partial charge in [-0.3, -0.25) is 0 Å². The van der Waals surface area contributed by atoms with Gasteiger partial charge in [-0.25, -0.2) is 0 Å². The van der Waals surface area contributed by atoms with Gasteiger partial charge in [-0.15, -0.1) is 0 Å². The zero-order valence-corrected chi connectivity index (χ0v) is 12.3. The molecule has 0 heterocycles. The smallest absolute Gasteiger partial charge is 0.347 e. The van der Waals surface area contributed by atoms with E-state index >= 15 is 0 Å². The summed E-state index contributed by atoms with van der Waals surface area (Å²) in [5.41, 5.74) is 0. The fourth-order valence-electron chi connectivity index (χ4n) is 2.62. The van der Waals surface area contributed by atoms with E-state index in [0.717, 1.165) is 0 Å². The summed E-state index contributed by atoms with van der Waals surface area (Å²) >= 11 is 0. The van der Waals surface area contributed by atoms with Gasteiger partial charge in [0.1, 0.15) is 0 Å². The minimum absolute atomic E-state index is 0.919. The molecule has 0 rings (SSSR count). The van der Waals surface area contributed by atoms with Crippen molar-refractivity contribution in [1.29, 1.82) is 0 Å². The van der Waals surface area contributed by atoms with Crippen molar-refractivity contribution in [3.05, 3.63) is 0 Å². The van der Waals surface area contributed by atoms with Crippen LogP contribution in [0, 0.1) is 0 Å². The molecule has 0 unspecified atom stereocenters. The van der Waals surface area contributed by atoms with E-state index in [-0.39, 0.29) is 0 Å². The second-order valence-electron chi connectivity index (χ2n) is 5.27. The minimum Gasteiger partial charge on any atom is -0.347 e. The highest BCUT2D eigenvalue weighted by Gasteiger charge is 2.63. The molecule has 134 valence electrons. The van der Waals surface area contributed by atoms with Crippen LogP contribution in [0.1, 0.15) is 0 Å². The van der Waals surface area contributed by atoms with E-state index in [1.807, 2.05) is 0 Å². The molecule has 0 saturated carbocycles. The first-order chi connectivity index (χ1) is 10.4. The Bertz CT molecular complexity index is 236. The van der Waals surface area contributed by atoms with Crippen LogP contribution in [0.3, 0.4) is 0 Å². The lowest BCUT2D eigenvalue weighted by atomic mass is 10.3. The highest BCUT2D eigenvalue weighted by Crippen LogP contribution is 2.30. The lowest BCUT2D eigenvalue weighted by Gasteiger charge is -2.52. The second kappa shape index (κ2) is 8.97. The van der Waals surface area contributed by atoms with Crippen LogP contribution >= 0.6 is 0 Å². The average molecular weight is 334 g/mol. The highest BCUT2D eigenvalue weighted by molar-refractivity contribution is 4.37. The van der Waals surface area contributed by atoms with Gasteiger partial charge in [0.25, 0.3) is 0 Å². The maximum absolute atomic E-state index is 9.59. The largest absolute Gasteiger partial charge is 0.360 e. The van der Waals surface area contributed by atoms with Crippen LogP contribution in [0.15, 0.2) is 0 Å². The first-order valence-corrected chi connectivity index (χ1v) is 6.47. The maximum Gasteiger partial charge on any atom is 0.360 e. The van der Waals surface area contributed by atoms with Crippen molar-refractivity contribution in [1.82, 2.24) is 0 Å². The summed E-state index contributed by atoms with van der Waals surface area (Å²) in [6, 6.07) is 0. The molecule has 0 atom stereocenters. The topological polar surface area (TPSA) is 182 Å². The summed E-state index contributed by atoms with van der Waals surface area (Å²) in [5.74, 6) is 0. The van der Waals surface area contributed by atoms with Crippen LogP contribution in [-0.4, -0.2) is 126 Å². The first-order valence-electron chi connectivity index (χ1n) is 6.47. The normalized spacial score (nSPS) is 13.9. The van der Waals surface area contributed by atoms with Crippen molar-refractivity contribution in [2.45, 2.75) is 6.29 Å². The van der Waals surface area contributed by atoms with Gasteiger partial charge in [-0.05, 0) is 0 Å². The average Bonchev–Trinajstić information content (AvgIpc) is 2.60. The van der Waals surface area contributed by atoms with Crippen molar-refractivity contribution < 1.29 is 59.4 Å². The summed E-state index contributed by atoms with van der Waals surface area (Å²) in [6.45, 7) is -8.27. The van der Waals surface area contributed by atoms with Crippen LogP contribution in [0.2, 0.25) is 0 Å². The Morgan fingerprint density at radius 3 is 0.591 bits per heavy atom. The molecule has 0 aliphatic rings. The molecule has 0 aromatic heterocycles. The van der Waals surface area contributed by atoms with E-state index < -0.39 is 80.3 Å². The lowest BCUT2D eigenvalue weighted by molar-refractivity contribution is -1.31. The van der Waals surface area contributed by atoms with Crippen molar-refractivity contribution in [2.75, 3.05) is 60.6 Å². The fraction of sp³-hybridized carbons (Fsp3) is 1.00. The number of nitrogens with zero attached hydrogens (tertiary/aromatic N) is 3. The van der Waals surface area contributed by atoms with Crippen molar-refractivity contribution in [2.24, 2.45) is 0 Å². The molecule has 0 radical (unpaired) electrons. The van der Waals surface area contributed by atoms with Crippen molar-refractivity contribution in [3.8, 4) is 0 Å². The summed E-state index contributed by atoms with van der Waals surface area (Å²) in [4.78, 5) is 0. The maximum atomic E-state index is 9.59.